The third-order valence-electron chi connectivity index (χ3n) is 7.47. The standard InChI is InChI=1S/C30H40FN9O2/c1-30(2,42)19-40-25-16-22(39-13-9-21(10-14-39)32-12-15-37(3)4)6-7-24(25)35-29(40)36-28(41)23-8-11-33-27(26(23)31)20-17-34-38(5)18-20/h6-8,11,16-18,21,32,42H,9-10,12-15,19H2,1-5H3,(H,35,36,41). The fourth-order valence-corrected chi connectivity index (χ4v) is 5.32. The van der Waals surface area contributed by atoms with Gasteiger partial charge in [0.15, 0.2) is 5.82 Å². The SMILES string of the molecule is CN(C)CCNC1CCN(c2ccc3nc(NC(=O)c4ccnc(-c5cnn(C)c5)c4F)n(CC(C)(C)O)c3c2)CC1. The second-order valence-corrected chi connectivity index (χ2v) is 11.9. The van der Waals surface area contributed by atoms with Gasteiger partial charge in [0.25, 0.3) is 5.91 Å². The summed E-state index contributed by atoms with van der Waals surface area (Å²) in [5, 5.41) is 21.2. The van der Waals surface area contributed by atoms with Crippen LogP contribution in [0.3, 0.4) is 0 Å². The number of aromatic nitrogens is 5. The fourth-order valence-electron chi connectivity index (χ4n) is 5.32. The molecule has 1 fully saturated rings. The molecule has 1 aromatic carbocycles. The predicted octanol–water partition coefficient (Wildman–Crippen LogP) is 3.11. The van der Waals surface area contributed by atoms with Crippen molar-refractivity contribution in [2.45, 2.75) is 44.9 Å². The van der Waals surface area contributed by atoms with Gasteiger partial charge in [-0.2, -0.15) is 5.10 Å². The highest BCUT2D eigenvalue weighted by Crippen LogP contribution is 2.29. The molecular weight excluding hydrogens is 537 g/mol. The molecule has 1 amide bonds. The Morgan fingerprint density at radius 2 is 1.98 bits per heavy atom. The topological polar surface area (TPSA) is 116 Å². The second-order valence-electron chi connectivity index (χ2n) is 11.9. The third-order valence-corrected chi connectivity index (χ3v) is 7.47. The predicted molar refractivity (Wildman–Crippen MR) is 162 cm³/mol. The molecule has 4 aromatic rings. The number of pyridine rings is 1. The van der Waals surface area contributed by atoms with Crippen LogP contribution < -0.4 is 15.5 Å². The average Bonchev–Trinajstić information content (AvgIpc) is 3.51. The summed E-state index contributed by atoms with van der Waals surface area (Å²) in [6, 6.07) is 7.86. The van der Waals surface area contributed by atoms with Crippen molar-refractivity contribution in [1.82, 2.24) is 34.5 Å². The van der Waals surface area contributed by atoms with E-state index in [1.54, 1.807) is 36.3 Å². The van der Waals surface area contributed by atoms with Crippen molar-refractivity contribution in [2.75, 3.05) is 50.5 Å². The number of likely N-dealkylation sites (N-methyl/N-ethyl adjacent to an activating group) is 1. The number of benzene rings is 1. The summed E-state index contributed by atoms with van der Waals surface area (Å²) in [6.45, 7) is 7.42. The van der Waals surface area contributed by atoms with E-state index in [4.69, 9.17) is 0 Å². The van der Waals surface area contributed by atoms with Crippen molar-refractivity contribution in [1.29, 1.82) is 0 Å². The number of amides is 1. The maximum atomic E-state index is 15.4. The molecule has 0 unspecified atom stereocenters. The summed E-state index contributed by atoms with van der Waals surface area (Å²) >= 11 is 0. The Hall–Kier alpha value is -3.87. The molecule has 1 saturated heterocycles. The smallest absolute Gasteiger partial charge is 0.261 e. The lowest BCUT2D eigenvalue weighted by atomic mass is 10.0. The number of imidazole rings is 1. The average molecular weight is 578 g/mol. The largest absolute Gasteiger partial charge is 0.389 e. The molecule has 4 heterocycles. The molecule has 0 bridgehead atoms. The lowest BCUT2D eigenvalue weighted by Crippen LogP contribution is -2.44. The zero-order valence-electron chi connectivity index (χ0n) is 24.9. The third kappa shape index (κ3) is 6.77. The number of hydrogen-bond donors (Lipinski definition) is 3. The van der Waals surface area contributed by atoms with E-state index in [1.165, 1.54) is 18.5 Å². The van der Waals surface area contributed by atoms with Gasteiger partial charge >= 0.3 is 0 Å². The van der Waals surface area contributed by atoms with E-state index in [2.05, 4.69) is 55.7 Å². The Bertz CT molecular complexity index is 1550. The zero-order valence-corrected chi connectivity index (χ0v) is 24.9. The second kappa shape index (κ2) is 12.2. The van der Waals surface area contributed by atoms with Crippen LogP contribution in [0.15, 0.2) is 42.9 Å². The molecule has 3 N–H and O–H groups in total. The van der Waals surface area contributed by atoms with E-state index >= 15 is 4.39 Å². The first kappa shape index (κ1) is 29.6. The van der Waals surface area contributed by atoms with Crippen LogP contribution >= 0.6 is 0 Å². The van der Waals surface area contributed by atoms with Crippen molar-refractivity contribution < 1.29 is 14.3 Å². The molecule has 5 rings (SSSR count). The molecule has 0 aliphatic carbocycles. The number of carbonyl (C=O) groups excluding carboxylic acids is 1. The molecule has 1 aliphatic heterocycles. The van der Waals surface area contributed by atoms with Gasteiger partial charge in [-0.15, -0.1) is 0 Å². The number of nitrogens with one attached hydrogen (secondary N) is 2. The van der Waals surface area contributed by atoms with Gasteiger partial charge in [0.1, 0.15) is 5.69 Å². The number of rotatable bonds is 10. The summed E-state index contributed by atoms with van der Waals surface area (Å²) in [6.07, 6.45) is 6.63. The highest BCUT2D eigenvalue weighted by Gasteiger charge is 2.25. The van der Waals surface area contributed by atoms with Crippen LogP contribution in [-0.2, 0) is 13.6 Å². The molecule has 12 heteroatoms. The molecule has 0 radical (unpaired) electrons. The van der Waals surface area contributed by atoms with Crippen molar-refractivity contribution in [3.8, 4) is 11.3 Å². The number of halogens is 1. The summed E-state index contributed by atoms with van der Waals surface area (Å²) in [4.78, 5) is 26.7. The molecule has 1 aliphatic rings. The maximum Gasteiger partial charge on any atom is 0.261 e. The summed E-state index contributed by atoms with van der Waals surface area (Å²) in [5.41, 5.74) is 1.78. The van der Waals surface area contributed by atoms with Crippen LogP contribution in [0.1, 0.15) is 37.0 Å². The quantitative estimate of drug-likeness (QED) is 0.263. The number of piperidine rings is 1. The van der Waals surface area contributed by atoms with Gasteiger partial charge in [-0.05, 0) is 65.0 Å². The van der Waals surface area contributed by atoms with Gasteiger partial charge in [-0.3, -0.25) is 19.8 Å². The lowest BCUT2D eigenvalue weighted by molar-refractivity contribution is 0.0630. The number of aliphatic hydroxyl groups is 1. The van der Waals surface area contributed by atoms with E-state index in [-0.39, 0.29) is 23.8 Å². The number of nitrogens with zero attached hydrogens (tertiary/aromatic N) is 7. The number of carbonyl (C=O) groups is 1. The first-order valence-corrected chi connectivity index (χ1v) is 14.3. The first-order valence-electron chi connectivity index (χ1n) is 14.3. The molecule has 11 nitrogen and oxygen atoms in total. The van der Waals surface area contributed by atoms with Gasteiger partial charge in [-0.25, -0.2) is 9.37 Å². The summed E-state index contributed by atoms with van der Waals surface area (Å²) in [5.74, 6) is -1.16. The minimum absolute atomic E-state index is 0.0436. The van der Waals surface area contributed by atoms with Crippen LogP contribution in [0, 0.1) is 5.82 Å². The van der Waals surface area contributed by atoms with Gasteiger partial charge < -0.3 is 24.8 Å². The van der Waals surface area contributed by atoms with Crippen molar-refractivity contribution >= 4 is 28.6 Å². The van der Waals surface area contributed by atoms with Crippen LogP contribution in [0.2, 0.25) is 0 Å². The van der Waals surface area contributed by atoms with Crippen LogP contribution in [-0.4, -0.2) is 92.1 Å². The molecule has 0 atom stereocenters. The van der Waals surface area contributed by atoms with Crippen LogP contribution in [0.25, 0.3) is 22.3 Å². The maximum absolute atomic E-state index is 15.4. The number of aryl methyl sites for hydroxylation is 1. The monoisotopic (exact) mass is 577 g/mol. The van der Waals surface area contributed by atoms with E-state index in [1.807, 2.05) is 12.1 Å². The van der Waals surface area contributed by atoms with Gasteiger partial charge in [0, 0.05) is 62.9 Å². The molecule has 0 spiro atoms. The number of hydrogen-bond acceptors (Lipinski definition) is 8. The van der Waals surface area contributed by atoms with Crippen LogP contribution in [0.4, 0.5) is 16.0 Å². The van der Waals surface area contributed by atoms with Gasteiger partial charge in [-0.1, -0.05) is 0 Å². The van der Waals surface area contributed by atoms with E-state index in [0.717, 1.165) is 50.2 Å². The molecule has 3 aromatic heterocycles. The molecule has 0 saturated carbocycles. The zero-order chi connectivity index (χ0) is 30.0. The Kier molecular flexibility index (Phi) is 8.58. The first-order chi connectivity index (χ1) is 20.0. The molecule has 224 valence electrons. The van der Waals surface area contributed by atoms with E-state index < -0.39 is 17.3 Å². The minimum atomic E-state index is -1.09. The Morgan fingerprint density at radius 3 is 2.64 bits per heavy atom. The van der Waals surface area contributed by atoms with Crippen molar-refractivity contribution in [3.05, 3.63) is 54.2 Å². The summed E-state index contributed by atoms with van der Waals surface area (Å²) in [7, 11) is 5.89. The summed E-state index contributed by atoms with van der Waals surface area (Å²) < 4.78 is 18.8. The highest BCUT2D eigenvalue weighted by atomic mass is 19.1. The normalized spacial score (nSPS) is 14.7. The van der Waals surface area contributed by atoms with E-state index in [0.29, 0.717) is 17.1 Å². The molecule has 42 heavy (non-hydrogen) atoms. The number of anilines is 2. The van der Waals surface area contributed by atoms with Gasteiger partial charge in [0.05, 0.1) is 34.9 Å². The highest BCUT2D eigenvalue weighted by molar-refractivity contribution is 6.05. The minimum Gasteiger partial charge on any atom is -0.389 e. The molecular formula is C30H40FN9O2. The Labute approximate surface area is 245 Å². The fraction of sp³-hybridized carbons (Fsp3) is 0.467. The van der Waals surface area contributed by atoms with Crippen molar-refractivity contribution in [2.24, 2.45) is 7.05 Å². The Balaban J connectivity index is 1.38. The van der Waals surface area contributed by atoms with Crippen LogP contribution in [0.5, 0.6) is 0 Å². The lowest BCUT2D eigenvalue weighted by Gasteiger charge is -2.34. The Morgan fingerprint density at radius 1 is 1.21 bits per heavy atom. The number of fused-ring (bicyclic) bond motifs is 1. The van der Waals surface area contributed by atoms with Crippen molar-refractivity contribution in [3.63, 3.8) is 0 Å². The van der Waals surface area contributed by atoms with Gasteiger partial charge in [0.2, 0.25) is 5.95 Å². The van der Waals surface area contributed by atoms with E-state index in [9.17, 15) is 9.90 Å².